The van der Waals surface area contributed by atoms with E-state index >= 15 is 0 Å². The van der Waals surface area contributed by atoms with Crippen molar-refractivity contribution < 1.29 is 19.0 Å². The molecule has 0 aliphatic heterocycles. The van der Waals surface area contributed by atoms with E-state index in [0.29, 0.717) is 57.0 Å². The monoisotopic (exact) mass is 594 g/mol. The van der Waals surface area contributed by atoms with E-state index in [9.17, 15) is 14.9 Å². The number of hydrogen-bond donors (Lipinski definition) is 1. The number of hydrogen-bond acceptors (Lipinski definition) is 7. The molecule has 0 saturated carbocycles. The van der Waals surface area contributed by atoms with Crippen molar-refractivity contribution in [2.75, 3.05) is 27.6 Å². The summed E-state index contributed by atoms with van der Waals surface area (Å²) in [5.41, 5.74) is 4.37. The highest BCUT2D eigenvalue weighted by Gasteiger charge is 2.30. The summed E-state index contributed by atoms with van der Waals surface area (Å²) in [6.45, 7) is 0. The van der Waals surface area contributed by atoms with E-state index in [0.717, 1.165) is 22.3 Å². The Bertz CT molecular complexity index is 1500. The predicted molar refractivity (Wildman–Crippen MR) is 152 cm³/mol. The Morgan fingerprint density at radius 1 is 1.13 bits per heavy atom. The second-order valence-corrected chi connectivity index (χ2v) is 10.0. The van der Waals surface area contributed by atoms with Gasteiger partial charge in [-0.15, -0.1) is 11.8 Å². The highest BCUT2D eigenvalue weighted by atomic mass is 79.9. The highest BCUT2D eigenvalue weighted by molar-refractivity contribution is 9.08. The molecule has 1 aliphatic rings. The molecule has 1 aliphatic carbocycles. The lowest BCUT2D eigenvalue weighted by Gasteiger charge is -2.20. The second kappa shape index (κ2) is 11.9. The smallest absolute Gasteiger partial charge is 0.253 e. The molecule has 0 heterocycles. The van der Waals surface area contributed by atoms with Gasteiger partial charge in [-0.25, -0.2) is 0 Å². The number of thioether (sulfide) groups is 1. The predicted octanol–water partition coefficient (Wildman–Crippen LogP) is 5.65. The van der Waals surface area contributed by atoms with E-state index in [1.165, 1.54) is 11.8 Å². The van der Waals surface area contributed by atoms with Crippen LogP contribution in [0.5, 0.6) is 17.2 Å². The molecule has 4 rings (SSSR count). The zero-order chi connectivity index (χ0) is 27.4. The van der Waals surface area contributed by atoms with Crippen LogP contribution < -0.4 is 25.0 Å². The van der Waals surface area contributed by atoms with Crippen molar-refractivity contribution in [3.8, 4) is 34.4 Å². The average molecular weight is 596 g/mol. The third-order valence-electron chi connectivity index (χ3n) is 6.68. The Morgan fingerprint density at radius 3 is 2.53 bits per heavy atom. The zero-order valence-corrected chi connectivity index (χ0v) is 23.9. The molecule has 0 spiro atoms. The molecule has 0 unspecified atom stereocenters. The number of nitrogens with one attached hydrogen (secondary N) is 1. The molecule has 196 valence electrons. The number of benzene rings is 2. The third kappa shape index (κ3) is 4.98. The van der Waals surface area contributed by atoms with Gasteiger partial charge in [0.05, 0.1) is 43.4 Å². The van der Waals surface area contributed by atoms with Crippen LogP contribution in [0.25, 0.3) is 11.1 Å². The second-order valence-electron chi connectivity index (χ2n) is 8.61. The molecule has 1 amide bonds. The number of carbonyl (C=O) groups excluding carboxylic acids is 1. The average Bonchev–Trinajstić information content (AvgIpc) is 3.19. The van der Waals surface area contributed by atoms with Crippen LogP contribution in [-0.2, 0) is 11.8 Å². The number of halogens is 1. The van der Waals surface area contributed by atoms with Crippen molar-refractivity contribution >= 4 is 33.6 Å². The van der Waals surface area contributed by atoms with Crippen LogP contribution >= 0.6 is 27.7 Å². The summed E-state index contributed by atoms with van der Waals surface area (Å²) in [5, 5.41) is 13.3. The van der Waals surface area contributed by atoms with E-state index in [-0.39, 0.29) is 11.3 Å². The molecule has 9 heteroatoms. The summed E-state index contributed by atoms with van der Waals surface area (Å²) >= 11 is 4.75. The first kappa shape index (κ1) is 27.6. The minimum atomic E-state index is -0.499. The van der Waals surface area contributed by atoms with Crippen LogP contribution in [0.15, 0.2) is 52.2 Å². The minimum Gasteiger partial charge on any atom is -0.493 e. The summed E-state index contributed by atoms with van der Waals surface area (Å²) in [6, 6.07) is 14.1. The largest absolute Gasteiger partial charge is 0.493 e. The first-order chi connectivity index (χ1) is 18.4. The van der Waals surface area contributed by atoms with Crippen molar-refractivity contribution in [2.24, 2.45) is 0 Å². The van der Waals surface area contributed by atoms with E-state index in [4.69, 9.17) is 14.2 Å². The molecule has 7 nitrogen and oxygen atoms in total. The van der Waals surface area contributed by atoms with Crippen molar-refractivity contribution in [3.05, 3.63) is 80.5 Å². The fraction of sp³-hybridized carbons (Fsp3) is 0.276. The van der Waals surface area contributed by atoms with Crippen LogP contribution in [-0.4, -0.2) is 33.5 Å². The van der Waals surface area contributed by atoms with Gasteiger partial charge in [0.1, 0.15) is 6.07 Å². The Kier molecular flexibility index (Phi) is 8.65. The van der Waals surface area contributed by atoms with E-state index in [2.05, 4.69) is 27.3 Å². The van der Waals surface area contributed by atoms with Gasteiger partial charge in [0.25, 0.3) is 5.91 Å². The number of carbonyl (C=O) groups is 1. The molecule has 0 saturated heterocycles. The summed E-state index contributed by atoms with van der Waals surface area (Å²) in [7, 11) is 4.68. The van der Waals surface area contributed by atoms with Crippen molar-refractivity contribution in [1.82, 2.24) is 5.32 Å². The molecule has 1 atom stereocenters. The van der Waals surface area contributed by atoms with Gasteiger partial charge in [0, 0.05) is 10.9 Å². The van der Waals surface area contributed by atoms with Crippen LogP contribution in [0.1, 0.15) is 45.1 Å². The SMILES string of the molecule is COc1cc2c(c(OC)c1OC)-c1ccc(SC)c(=O)cc1[C@@H](NC(=O)c1cccc(CBr)c1C#N)CC2. The van der Waals surface area contributed by atoms with E-state index < -0.39 is 6.04 Å². The van der Waals surface area contributed by atoms with Gasteiger partial charge >= 0.3 is 0 Å². The number of rotatable bonds is 7. The standard InChI is InChI=1S/C29H27BrN2O5S/c1-35-24-12-16-8-10-22(32-29(34)19-7-5-6-17(14-30)21(19)15-31)20-13-23(33)25(38-4)11-9-18(20)26(16)28(37-3)27(24)36-2/h5-7,9,11-13,22H,8,10,14H2,1-4H3,(H,32,34)/t22-/m0/s1. The fourth-order valence-corrected chi connectivity index (χ4v) is 5.82. The first-order valence-electron chi connectivity index (χ1n) is 11.9. The number of methoxy groups -OCH3 is 3. The normalized spacial score (nSPS) is 13.8. The molecule has 38 heavy (non-hydrogen) atoms. The quantitative estimate of drug-likeness (QED) is 0.279. The van der Waals surface area contributed by atoms with Crippen molar-refractivity contribution in [3.63, 3.8) is 0 Å². The molecule has 1 N–H and O–H groups in total. The number of nitriles is 1. The lowest BCUT2D eigenvalue weighted by atomic mass is 9.95. The van der Waals surface area contributed by atoms with Crippen molar-refractivity contribution in [1.29, 1.82) is 5.26 Å². The van der Waals surface area contributed by atoms with Gasteiger partial charge in [-0.3, -0.25) is 9.59 Å². The molecular weight excluding hydrogens is 568 g/mol. The van der Waals surface area contributed by atoms with E-state index in [1.807, 2.05) is 24.5 Å². The van der Waals surface area contributed by atoms with Gasteiger partial charge in [-0.05, 0) is 65.6 Å². The molecule has 0 aromatic heterocycles. The van der Waals surface area contributed by atoms with Crippen LogP contribution in [0, 0.1) is 11.3 Å². The molecule has 0 fully saturated rings. The highest BCUT2D eigenvalue weighted by Crippen LogP contribution is 2.50. The lowest BCUT2D eigenvalue weighted by molar-refractivity contribution is 0.0934. The number of fused-ring (bicyclic) bond motifs is 3. The molecule has 3 aromatic rings. The summed E-state index contributed by atoms with van der Waals surface area (Å²) in [6.07, 6.45) is 2.94. The van der Waals surface area contributed by atoms with Gasteiger partial charge in [0.15, 0.2) is 16.9 Å². The lowest BCUT2D eigenvalue weighted by Crippen LogP contribution is -2.30. The maximum absolute atomic E-state index is 13.5. The van der Waals surface area contributed by atoms with Crippen LogP contribution in [0.4, 0.5) is 0 Å². The Labute approximate surface area is 234 Å². The molecule has 3 aromatic carbocycles. The number of alkyl halides is 1. The number of amides is 1. The Balaban J connectivity index is 1.93. The first-order valence-corrected chi connectivity index (χ1v) is 14.2. The van der Waals surface area contributed by atoms with Gasteiger partial charge in [-0.2, -0.15) is 5.26 Å². The molecule has 0 radical (unpaired) electrons. The van der Waals surface area contributed by atoms with Gasteiger partial charge in [-0.1, -0.05) is 34.1 Å². The van der Waals surface area contributed by atoms with Gasteiger partial charge < -0.3 is 19.5 Å². The third-order valence-corrected chi connectivity index (χ3v) is 8.06. The fourth-order valence-electron chi connectivity index (χ4n) is 4.89. The summed E-state index contributed by atoms with van der Waals surface area (Å²) in [4.78, 5) is 27.3. The van der Waals surface area contributed by atoms with Crippen LogP contribution in [0.3, 0.4) is 0 Å². The number of aryl methyl sites for hydroxylation is 1. The maximum atomic E-state index is 13.5. The number of ether oxygens (including phenoxy) is 3. The van der Waals surface area contributed by atoms with Gasteiger partial charge in [0.2, 0.25) is 5.75 Å². The topological polar surface area (TPSA) is 97.7 Å². The zero-order valence-electron chi connectivity index (χ0n) is 21.5. The minimum absolute atomic E-state index is 0.139. The maximum Gasteiger partial charge on any atom is 0.253 e. The van der Waals surface area contributed by atoms with Crippen molar-refractivity contribution in [2.45, 2.75) is 29.1 Å². The Hall–Kier alpha value is -3.48. The molecular formula is C29H27BrN2O5S. The van der Waals surface area contributed by atoms with Crippen LogP contribution in [0.2, 0.25) is 0 Å². The number of nitrogens with zero attached hydrogens (tertiary/aromatic N) is 1. The summed E-state index contributed by atoms with van der Waals surface area (Å²) in [5.74, 6) is 1.10. The Morgan fingerprint density at radius 2 is 1.89 bits per heavy atom. The summed E-state index contributed by atoms with van der Waals surface area (Å²) < 4.78 is 17.1. The van der Waals surface area contributed by atoms with E-state index in [1.54, 1.807) is 45.6 Å². The molecule has 0 bridgehead atoms.